The second-order valence-electron chi connectivity index (χ2n) is 5.27. The summed E-state index contributed by atoms with van der Waals surface area (Å²) >= 11 is 0. The van der Waals surface area contributed by atoms with Crippen molar-refractivity contribution in [2.75, 3.05) is 18.5 Å². The summed E-state index contributed by atoms with van der Waals surface area (Å²) in [5.74, 6) is 0.245. The molecule has 0 amide bonds. The number of benzene rings is 1. The van der Waals surface area contributed by atoms with E-state index >= 15 is 0 Å². The molecule has 1 aromatic carbocycles. The number of carbonyl (C=O) groups is 1. The Balaban J connectivity index is 2.15. The van der Waals surface area contributed by atoms with Gasteiger partial charge in [-0.1, -0.05) is 13.8 Å². The topological polar surface area (TPSA) is 49.3 Å². The first-order valence-corrected chi connectivity index (χ1v) is 6.07. The molecule has 92 valence electrons. The van der Waals surface area contributed by atoms with Crippen LogP contribution in [0.4, 0.5) is 5.69 Å². The molecule has 0 unspecified atom stereocenters. The van der Waals surface area contributed by atoms with E-state index in [2.05, 4.69) is 11.4 Å². The van der Waals surface area contributed by atoms with Crippen LogP contribution in [0.15, 0.2) is 18.2 Å². The molecule has 0 aromatic heterocycles. The smallest absolute Gasteiger partial charge is 0.169 e. The van der Waals surface area contributed by atoms with Gasteiger partial charge in [0, 0.05) is 29.8 Å². The molecular weight excluding hydrogens is 214 g/mol. The van der Waals surface area contributed by atoms with Crippen molar-refractivity contribution in [1.82, 2.24) is 0 Å². The van der Waals surface area contributed by atoms with Gasteiger partial charge in [0.1, 0.15) is 0 Å². The number of ketones is 1. The highest BCUT2D eigenvalue weighted by atomic mass is 16.3. The summed E-state index contributed by atoms with van der Waals surface area (Å²) in [6, 6.07) is 5.91. The molecule has 0 spiro atoms. The van der Waals surface area contributed by atoms with Crippen molar-refractivity contribution in [3.05, 3.63) is 29.3 Å². The molecule has 2 N–H and O–H groups in total. The second-order valence-corrected chi connectivity index (χ2v) is 5.27. The number of nitrogens with one attached hydrogen (secondary N) is 1. The van der Waals surface area contributed by atoms with E-state index in [4.69, 9.17) is 5.11 Å². The van der Waals surface area contributed by atoms with Crippen molar-refractivity contribution in [2.45, 2.75) is 26.7 Å². The third-order valence-corrected chi connectivity index (χ3v) is 3.26. The summed E-state index contributed by atoms with van der Waals surface area (Å²) in [4.78, 5) is 12.0. The molecule has 0 saturated carbocycles. The third kappa shape index (κ3) is 2.34. The molecule has 0 bridgehead atoms. The molecule has 0 fully saturated rings. The lowest BCUT2D eigenvalue weighted by molar-refractivity contribution is 0.0863. The Morgan fingerprint density at radius 3 is 2.88 bits per heavy atom. The van der Waals surface area contributed by atoms with Gasteiger partial charge < -0.3 is 10.4 Å². The second kappa shape index (κ2) is 4.49. The van der Waals surface area contributed by atoms with Crippen molar-refractivity contribution >= 4 is 11.5 Å². The first-order valence-electron chi connectivity index (χ1n) is 6.07. The summed E-state index contributed by atoms with van der Waals surface area (Å²) < 4.78 is 0. The zero-order valence-electron chi connectivity index (χ0n) is 10.4. The molecule has 2 rings (SSSR count). The summed E-state index contributed by atoms with van der Waals surface area (Å²) in [6.07, 6.45) is 1.55. The third-order valence-electron chi connectivity index (χ3n) is 3.26. The molecule has 3 nitrogen and oxygen atoms in total. The Labute approximate surface area is 102 Å². The van der Waals surface area contributed by atoms with E-state index in [0.717, 1.165) is 36.2 Å². The minimum Gasteiger partial charge on any atom is -0.396 e. The maximum atomic E-state index is 12.0. The number of aliphatic hydroxyl groups is 1. The Morgan fingerprint density at radius 2 is 2.18 bits per heavy atom. The maximum Gasteiger partial charge on any atom is 0.169 e. The number of aliphatic hydroxyl groups excluding tert-OH is 1. The normalized spacial score (nSPS) is 17.0. The van der Waals surface area contributed by atoms with Gasteiger partial charge in [-0.2, -0.15) is 0 Å². The van der Waals surface area contributed by atoms with Gasteiger partial charge in [-0.3, -0.25) is 4.79 Å². The Bertz CT molecular complexity index is 438. The van der Waals surface area contributed by atoms with Crippen LogP contribution in [0.25, 0.3) is 0 Å². The Kier molecular flexibility index (Phi) is 3.20. The van der Waals surface area contributed by atoms with Gasteiger partial charge >= 0.3 is 0 Å². The Morgan fingerprint density at radius 1 is 1.41 bits per heavy atom. The van der Waals surface area contributed by atoms with Crippen LogP contribution < -0.4 is 5.32 Å². The highest BCUT2D eigenvalue weighted by molar-refractivity contribution is 6.04. The summed E-state index contributed by atoms with van der Waals surface area (Å²) in [5.41, 5.74) is 2.77. The van der Waals surface area contributed by atoms with Crippen LogP contribution in [0.3, 0.4) is 0 Å². The molecular formula is C14H19NO2. The number of hydrogen-bond donors (Lipinski definition) is 2. The monoisotopic (exact) mass is 233 g/mol. The van der Waals surface area contributed by atoms with E-state index in [9.17, 15) is 4.79 Å². The predicted molar refractivity (Wildman–Crippen MR) is 68.5 cm³/mol. The molecule has 0 atom stereocenters. The first kappa shape index (κ1) is 12.1. The van der Waals surface area contributed by atoms with Crippen molar-refractivity contribution in [3.8, 4) is 0 Å². The number of hydrogen-bond acceptors (Lipinski definition) is 3. The van der Waals surface area contributed by atoms with Crippen molar-refractivity contribution < 1.29 is 9.90 Å². The molecule has 0 heterocycles. The van der Waals surface area contributed by atoms with Gasteiger partial charge in [0.25, 0.3) is 0 Å². The fourth-order valence-corrected chi connectivity index (χ4v) is 2.30. The number of anilines is 1. The lowest BCUT2D eigenvalue weighted by Gasteiger charge is -2.12. The Hall–Kier alpha value is -1.35. The maximum absolute atomic E-state index is 12.0. The highest BCUT2D eigenvalue weighted by Crippen LogP contribution is 2.37. The van der Waals surface area contributed by atoms with E-state index in [1.807, 2.05) is 26.0 Å². The van der Waals surface area contributed by atoms with Crippen LogP contribution in [0.2, 0.25) is 0 Å². The fraction of sp³-hybridized carbons (Fsp3) is 0.500. The van der Waals surface area contributed by atoms with Gasteiger partial charge in [0.15, 0.2) is 5.78 Å². The molecule has 0 radical (unpaired) electrons. The SMILES string of the molecule is CC1(C)Cc2cc(NCCCO)ccc2C1=O. The number of rotatable bonds is 4. The van der Waals surface area contributed by atoms with E-state index in [0.29, 0.717) is 0 Å². The average Bonchev–Trinajstić information content (AvgIpc) is 2.50. The van der Waals surface area contributed by atoms with E-state index in [1.54, 1.807) is 0 Å². The largest absolute Gasteiger partial charge is 0.396 e. The number of fused-ring (bicyclic) bond motifs is 1. The summed E-state index contributed by atoms with van der Waals surface area (Å²) in [6.45, 7) is 4.94. The van der Waals surface area contributed by atoms with Crippen LogP contribution in [0.5, 0.6) is 0 Å². The molecule has 1 aromatic rings. The van der Waals surface area contributed by atoms with E-state index in [-0.39, 0.29) is 17.8 Å². The lowest BCUT2D eigenvalue weighted by Crippen LogP contribution is -2.18. The zero-order chi connectivity index (χ0) is 12.5. The van der Waals surface area contributed by atoms with Gasteiger partial charge in [0.2, 0.25) is 0 Å². The van der Waals surface area contributed by atoms with Gasteiger partial charge in [-0.15, -0.1) is 0 Å². The minimum absolute atomic E-state index is 0.198. The van der Waals surface area contributed by atoms with Crippen LogP contribution >= 0.6 is 0 Å². The fourth-order valence-electron chi connectivity index (χ4n) is 2.30. The molecule has 1 aliphatic rings. The van der Waals surface area contributed by atoms with Crippen LogP contribution in [-0.2, 0) is 6.42 Å². The standard InChI is InChI=1S/C14H19NO2/c1-14(2)9-10-8-11(15-6-3-7-16)4-5-12(10)13(14)17/h4-5,8,15-16H,3,6-7,9H2,1-2H3. The van der Waals surface area contributed by atoms with Gasteiger partial charge in [-0.25, -0.2) is 0 Å². The van der Waals surface area contributed by atoms with Gasteiger partial charge in [0.05, 0.1) is 0 Å². The van der Waals surface area contributed by atoms with Crippen molar-refractivity contribution in [1.29, 1.82) is 0 Å². The van der Waals surface area contributed by atoms with Crippen molar-refractivity contribution in [3.63, 3.8) is 0 Å². The average molecular weight is 233 g/mol. The molecule has 17 heavy (non-hydrogen) atoms. The number of carbonyl (C=O) groups excluding carboxylic acids is 1. The molecule has 0 saturated heterocycles. The molecule has 3 heteroatoms. The van der Waals surface area contributed by atoms with Gasteiger partial charge in [-0.05, 0) is 36.6 Å². The quantitative estimate of drug-likeness (QED) is 0.784. The summed E-state index contributed by atoms with van der Waals surface area (Å²) in [5, 5.41) is 12.0. The van der Waals surface area contributed by atoms with Crippen molar-refractivity contribution in [2.24, 2.45) is 5.41 Å². The predicted octanol–water partition coefficient (Wildman–Crippen LogP) is 2.25. The van der Waals surface area contributed by atoms with Crippen LogP contribution in [-0.4, -0.2) is 24.0 Å². The number of Topliss-reactive ketones (excluding diaryl/α,β-unsaturated/α-hetero) is 1. The van der Waals surface area contributed by atoms with Crippen LogP contribution in [0.1, 0.15) is 36.2 Å². The lowest BCUT2D eigenvalue weighted by atomic mass is 9.89. The summed E-state index contributed by atoms with van der Waals surface area (Å²) in [7, 11) is 0. The minimum atomic E-state index is -0.258. The van der Waals surface area contributed by atoms with Crippen LogP contribution in [0, 0.1) is 5.41 Å². The van der Waals surface area contributed by atoms with E-state index < -0.39 is 0 Å². The zero-order valence-corrected chi connectivity index (χ0v) is 10.4. The van der Waals surface area contributed by atoms with E-state index in [1.165, 1.54) is 0 Å². The molecule has 1 aliphatic carbocycles. The highest BCUT2D eigenvalue weighted by Gasteiger charge is 2.37. The molecule has 0 aliphatic heterocycles. The first-order chi connectivity index (χ1) is 8.04.